The van der Waals surface area contributed by atoms with Crippen molar-refractivity contribution in [2.75, 3.05) is 23.9 Å². The van der Waals surface area contributed by atoms with Gasteiger partial charge in [-0.3, -0.25) is 9.78 Å². The molecular formula is C20H22N4O3. The number of urea groups is 1. The minimum Gasteiger partial charge on any atom is -0.482 e. The van der Waals surface area contributed by atoms with Crippen LogP contribution >= 0.6 is 0 Å². The van der Waals surface area contributed by atoms with Gasteiger partial charge in [0.1, 0.15) is 5.75 Å². The summed E-state index contributed by atoms with van der Waals surface area (Å²) in [5.41, 5.74) is 3.25. The number of anilines is 2. The second kappa shape index (κ2) is 6.90. The Bertz CT molecular complexity index is 895. The molecular weight excluding hydrogens is 344 g/mol. The molecule has 1 aliphatic heterocycles. The normalized spacial score (nSPS) is 17.0. The first-order valence-corrected chi connectivity index (χ1v) is 9.05. The zero-order valence-corrected chi connectivity index (χ0v) is 15.4. The lowest BCUT2D eigenvalue weighted by Crippen LogP contribution is -2.36. The van der Waals surface area contributed by atoms with Gasteiger partial charge in [0, 0.05) is 18.9 Å². The van der Waals surface area contributed by atoms with Gasteiger partial charge in [0.05, 0.1) is 17.4 Å². The van der Waals surface area contributed by atoms with Crippen LogP contribution in [0.4, 0.5) is 16.2 Å². The SMILES string of the molecule is Cc1ccnc([C@H](NC(=O)Nc2ccc3c(c2)N(C)C(=O)CO3)C2CC2)c1. The zero-order valence-electron chi connectivity index (χ0n) is 15.4. The molecule has 7 nitrogen and oxygen atoms in total. The molecule has 0 bridgehead atoms. The zero-order chi connectivity index (χ0) is 19.0. The van der Waals surface area contributed by atoms with E-state index in [-0.39, 0.29) is 24.6 Å². The molecule has 7 heteroatoms. The average Bonchev–Trinajstić information content (AvgIpc) is 3.48. The van der Waals surface area contributed by atoms with Gasteiger partial charge in [-0.1, -0.05) is 0 Å². The predicted molar refractivity (Wildman–Crippen MR) is 102 cm³/mol. The summed E-state index contributed by atoms with van der Waals surface area (Å²) in [5.74, 6) is 0.928. The summed E-state index contributed by atoms with van der Waals surface area (Å²) in [6.45, 7) is 2.05. The van der Waals surface area contributed by atoms with E-state index in [0.717, 1.165) is 24.1 Å². The molecule has 4 rings (SSSR count). The molecule has 1 aliphatic carbocycles. The highest BCUT2D eigenvalue weighted by molar-refractivity contribution is 5.99. The van der Waals surface area contributed by atoms with Gasteiger partial charge in [0.2, 0.25) is 0 Å². The van der Waals surface area contributed by atoms with E-state index in [2.05, 4.69) is 15.6 Å². The van der Waals surface area contributed by atoms with Gasteiger partial charge < -0.3 is 20.3 Å². The molecule has 3 amide bonds. The van der Waals surface area contributed by atoms with Gasteiger partial charge in [-0.05, 0) is 61.6 Å². The van der Waals surface area contributed by atoms with Crippen molar-refractivity contribution in [3.63, 3.8) is 0 Å². The van der Waals surface area contributed by atoms with E-state index in [9.17, 15) is 9.59 Å². The summed E-state index contributed by atoms with van der Waals surface area (Å²) in [5, 5.41) is 5.90. The summed E-state index contributed by atoms with van der Waals surface area (Å²) in [6, 6.07) is 8.83. The van der Waals surface area contributed by atoms with Crippen LogP contribution in [0.15, 0.2) is 36.5 Å². The number of aromatic nitrogens is 1. The average molecular weight is 366 g/mol. The number of carbonyl (C=O) groups excluding carboxylic acids is 2. The van der Waals surface area contributed by atoms with Gasteiger partial charge >= 0.3 is 6.03 Å². The molecule has 1 aromatic heterocycles. The lowest BCUT2D eigenvalue weighted by molar-refractivity contribution is -0.120. The summed E-state index contributed by atoms with van der Waals surface area (Å²) in [7, 11) is 1.69. The lowest BCUT2D eigenvalue weighted by Gasteiger charge is -2.26. The fourth-order valence-corrected chi connectivity index (χ4v) is 3.25. The van der Waals surface area contributed by atoms with Crippen LogP contribution in [-0.4, -0.2) is 30.6 Å². The van der Waals surface area contributed by atoms with E-state index >= 15 is 0 Å². The number of ether oxygens (including phenoxy) is 1. The van der Waals surface area contributed by atoms with E-state index < -0.39 is 0 Å². The minimum atomic E-state index is -0.291. The summed E-state index contributed by atoms with van der Waals surface area (Å²) < 4.78 is 5.41. The minimum absolute atomic E-state index is 0.0311. The number of benzene rings is 1. The Morgan fingerprint density at radius 2 is 2.11 bits per heavy atom. The first kappa shape index (κ1) is 17.3. The van der Waals surface area contributed by atoms with E-state index in [4.69, 9.17) is 4.74 Å². The Hall–Kier alpha value is -3.09. The quantitative estimate of drug-likeness (QED) is 0.871. The molecule has 2 N–H and O–H groups in total. The second-order valence-corrected chi connectivity index (χ2v) is 7.10. The third kappa shape index (κ3) is 3.72. The fourth-order valence-electron chi connectivity index (χ4n) is 3.25. The standard InChI is InChI=1S/C20H22N4O3/c1-12-7-8-21-15(9-12)19(13-3-4-13)23-20(26)22-14-5-6-17-16(10-14)24(2)18(25)11-27-17/h5-10,13,19H,3-4,11H2,1-2H3,(H2,22,23,26)/t19-/m1/s1. The van der Waals surface area contributed by atoms with Crippen molar-refractivity contribution in [2.24, 2.45) is 5.92 Å². The summed E-state index contributed by atoms with van der Waals surface area (Å²) >= 11 is 0. The highest BCUT2D eigenvalue weighted by atomic mass is 16.5. The van der Waals surface area contributed by atoms with Gasteiger partial charge in [-0.2, -0.15) is 0 Å². The Morgan fingerprint density at radius 3 is 2.85 bits per heavy atom. The first-order valence-electron chi connectivity index (χ1n) is 9.05. The van der Waals surface area contributed by atoms with E-state index in [1.54, 1.807) is 31.4 Å². The molecule has 27 heavy (non-hydrogen) atoms. The van der Waals surface area contributed by atoms with Crippen LogP contribution in [0.1, 0.15) is 30.1 Å². The number of aryl methyl sites for hydroxylation is 1. The third-order valence-electron chi connectivity index (χ3n) is 4.94. The van der Waals surface area contributed by atoms with E-state index in [0.29, 0.717) is 23.0 Å². The van der Waals surface area contributed by atoms with Crippen LogP contribution in [-0.2, 0) is 4.79 Å². The number of rotatable bonds is 4. The Balaban J connectivity index is 1.48. The largest absolute Gasteiger partial charge is 0.482 e. The number of nitrogens with one attached hydrogen (secondary N) is 2. The van der Waals surface area contributed by atoms with Gasteiger partial charge in [0.25, 0.3) is 5.91 Å². The van der Waals surface area contributed by atoms with Crippen LogP contribution < -0.4 is 20.3 Å². The predicted octanol–water partition coefficient (Wildman–Crippen LogP) is 3.02. The maximum absolute atomic E-state index is 12.6. The van der Waals surface area contributed by atoms with Gasteiger partial charge in [-0.25, -0.2) is 4.79 Å². The number of hydrogen-bond donors (Lipinski definition) is 2. The smallest absolute Gasteiger partial charge is 0.319 e. The Kier molecular flexibility index (Phi) is 4.43. The number of carbonyl (C=O) groups is 2. The Labute approximate surface area is 157 Å². The highest BCUT2D eigenvalue weighted by Gasteiger charge is 2.34. The molecule has 1 aromatic carbocycles. The lowest BCUT2D eigenvalue weighted by atomic mass is 10.1. The molecule has 2 aliphatic rings. The van der Waals surface area contributed by atoms with Crippen molar-refractivity contribution >= 4 is 23.3 Å². The van der Waals surface area contributed by atoms with Crippen LogP contribution in [0.25, 0.3) is 0 Å². The third-order valence-corrected chi connectivity index (χ3v) is 4.94. The molecule has 1 saturated carbocycles. The van der Waals surface area contributed by atoms with Crippen molar-refractivity contribution in [3.8, 4) is 5.75 Å². The van der Waals surface area contributed by atoms with Crippen molar-refractivity contribution < 1.29 is 14.3 Å². The number of amides is 3. The molecule has 0 unspecified atom stereocenters. The molecule has 0 saturated heterocycles. The van der Waals surface area contributed by atoms with Crippen LogP contribution in [0.2, 0.25) is 0 Å². The van der Waals surface area contributed by atoms with Crippen LogP contribution in [0, 0.1) is 12.8 Å². The van der Waals surface area contributed by atoms with Gasteiger partial charge in [-0.15, -0.1) is 0 Å². The number of hydrogen-bond acceptors (Lipinski definition) is 4. The molecule has 1 fully saturated rings. The monoisotopic (exact) mass is 366 g/mol. The van der Waals surface area contributed by atoms with Crippen molar-refractivity contribution in [1.82, 2.24) is 10.3 Å². The van der Waals surface area contributed by atoms with Crippen LogP contribution in [0.3, 0.4) is 0 Å². The maximum Gasteiger partial charge on any atom is 0.319 e. The highest BCUT2D eigenvalue weighted by Crippen LogP contribution is 2.40. The van der Waals surface area contributed by atoms with E-state index in [1.165, 1.54) is 4.90 Å². The summed E-state index contributed by atoms with van der Waals surface area (Å²) in [6.07, 6.45) is 3.95. The number of pyridine rings is 1. The van der Waals surface area contributed by atoms with Crippen molar-refractivity contribution in [1.29, 1.82) is 0 Å². The topological polar surface area (TPSA) is 83.6 Å². The number of fused-ring (bicyclic) bond motifs is 1. The maximum atomic E-state index is 12.6. The number of likely N-dealkylation sites (N-methyl/N-ethyl adjacent to an activating group) is 1. The van der Waals surface area contributed by atoms with E-state index in [1.807, 2.05) is 19.1 Å². The van der Waals surface area contributed by atoms with Crippen molar-refractivity contribution in [2.45, 2.75) is 25.8 Å². The van der Waals surface area contributed by atoms with Crippen LogP contribution in [0.5, 0.6) is 5.75 Å². The molecule has 0 radical (unpaired) electrons. The molecule has 140 valence electrons. The molecule has 1 atom stereocenters. The molecule has 2 heterocycles. The number of nitrogens with zero attached hydrogens (tertiary/aromatic N) is 2. The first-order chi connectivity index (χ1) is 13.0. The molecule has 2 aromatic rings. The summed E-state index contributed by atoms with van der Waals surface area (Å²) in [4.78, 5) is 30.3. The van der Waals surface area contributed by atoms with Crippen molar-refractivity contribution in [3.05, 3.63) is 47.8 Å². The fraction of sp³-hybridized carbons (Fsp3) is 0.350. The molecule has 0 spiro atoms. The Morgan fingerprint density at radius 1 is 1.30 bits per heavy atom. The second-order valence-electron chi connectivity index (χ2n) is 7.10. The van der Waals surface area contributed by atoms with Gasteiger partial charge in [0.15, 0.2) is 6.61 Å².